The number of nitrogens with zero attached hydrogens (tertiary/aromatic N) is 2. The van der Waals surface area contributed by atoms with Gasteiger partial charge in [-0.2, -0.15) is 5.26 Å². The summed E-state index contributed by atoms with van der Waals surface area (Å²) in [4.78, 5) is 2.24. The van der Waals surface area contributed by atoms with Crippen LogP contribution in [-0.4, -0.2) is 26.8 Å². The van der Waals surface area contributed by atoms with E-state index >= 15 is 0 Å². The zero-order valence-electron chi connectivity index (χ0n) is 14.0. The van der Waals surface area contributed by atoms with Crippen molar-refractivity contribution in [3.05, 3.63) is 59.7 Å². The number of para-hydroxylation sites is 1. The van der Waals surface area contributed by atoms with Gasteiger partial charge in [0.1, 0.15) is 18.1 Å². The average molecular weight is 320 g/mol. The van der Waals surface area contributed by atoms with Crippen molar-refractivity contribution in [2.24, 2.45) is 0 Å². The fraction of sp³-hybridized carbons (Fsp3) is 0.250. The van der Waals surface area contributed by atoms with E-state index in [0.717, 1.165) is 34.9 Å². The maximum atomic E-state index is 9.68. The Kier molecular flexibility index (Phi) is 4.72. The van der Waals surface area contributed by atoms with E-state index in [4.69, 9.17) is 9.47 Å². The molecule has 0 radical (unpaired) electrons. The molecule has 0 amide bonds. The first kappa shape index (κ1) is 15.9. The first-order valence-corrected chi connectivity index (χ1v) is 8.00. The molecule has 0 saturated heterocycles. The lowest BCUT2D eigenvalue weighted by Gasteiger charge is -2.32. The lowest BCUT2D eigenvalue weighted by atomic mass is 9.94. The van der Waals surface area contributed by atoms with Crippen LogP contribution in [0.3, 0.4) is 0 Å². The molecule has 0 aromatic heterocycles. The van der Waals surface area contributed by atoms with E-state index in [2.05, 4.69) is 17.9 Å². The third kappa shape index (κ3) is 3.07. The van der Waals surface area contributed by atoms with Gasteiger partial charge in [-0.15, -0.1) is 0 Å². The van der Waals surface area contributed by atoms with Crippen molar-refractivity contribution in [2.45, 2.75) is 6.92 Å². The largest absolute Gasteiger partial charge is 0.497 e. The Morgan fingerprint density at radius 1 is 1.12 bits per heavy atom. The average Bonchev–Trinajstić information content (AvgIpc) is 2.65. The van der Waals surface area contributed by atoms with E-state index in [1.54, 1.807) is 7.11 Å². The minimum atomic E-state index is 0.412. The Balaban J connectivity index is 1.94. The Morgan fingerprint density at radius 2 is 1.92 bits per heavy atom. The summed E-state index contributed by atoms with van der Waals surface area (Å²) in [5, 5.41) is 9.68. The van der Waals surface area contributed by atoms with E-state index in [-0.39, 0.29) is 0 Å². The molecule has 0 fully saturated rings. The number of fused-ring (bicyclic) bond motifs is 1. The van der Waals surface area contributed by atoms with Crippen molar-refractivity contribution < 1.29 is 9.47 Å². The minimum absolute atomic E-state index is 0.412. The van der Waals surface area contributed by atoms with Crippen molar-refractivity contribution >= 4 is 11.3 Å². The standard InChI is InChI=1S/C20H20N2O2/c1-3-22-13-15(14-24-16-7-5-4-6-8-16)19(12-21)18-10-9-17(23-2)11-20(18)22/h4-11H,3,13-14H2,1-2H3. The molecule has 0 aliphatic carbocycles. The molecule has 2 aromatic rings. The molecule has 4 nitrogen and oxygen atoms in total. The van der Waals surface area contributed by atoms with Gasteiger partial charge in [0, 0.05) is 36.0 Å². The molecule has 4 heteroatoms. The number of nitriles is 1. The smallest absolute Gasteiger partial charge is 0.120 e. The summed E-state index contributed by atoms with van der Waals surface area (Å²) in [5.74, 6) is 1.61. The van der Waals surface area contributed by atoms with Crippen LogP contribution < -0.4 is 14.4 Å². The number of ether oxygens (including phenoxy) is 2. The summed E-state index contributed by atoms with van der Waals surface area (Å²) in [6.45, 7) is 4.06. The van der Waals surface area contributed by atoms with E-state index in [1.165, 1.54) is 0 Å². The van der Waals surface area contributed by atoms with Crippen LogP contribution in [0.1, 0.15) is 12.5 Å². The number of benzene rings is 2. The Labute approximate surface area is 142 Å². The maximum Gasteiger partial charge on any atom is 0.120 e. The molecule has 0 atom stereocenters. The Bertz CT molecular complexity index is 791. The first-order chi connectivity index (χ1) is 11.8. The van der Waals surface area contributed by atoms with E-state index in [0.29, 0.717) is 18.7 Å². The van der Waals surface area contributed by atoms with Gasteiger partial charge in [-0.25, -0.2) is 0 Å². The summed E-state index contributed by atoms with van der Waals surface area (Å²) >= 11 is 0. The molecular formula is C20H20N2O2. The summed E-state index contributed by atoms with van der Waals surface area (Å²) in [6.07, 6.45) is 0. The second kappa shape index (κ2) is 7.10. The number of hydrogen-bond acceptors (Lipinski definition) is 4. The molecule has 0 bridgehead atoms. The number of rotatable bonds is 5. The van der Waals surface area contributed by atoms with Crippen LogP contribution in [0.15, 0.2) is 54.1 Å². The fourth-order valence-corrected chi connectivity index (χ4v) is 2.92. The molecular weight excluding hydrogens is 300 g/mol. The molecule has 0 N–H and O–H groups in total. The normalized spacial score (nSPS) is 13.3. The molecule has 24 heavy (non-hydrogen) atoms. The molecule has 1 aliphatic heterocycles. The Hall–Kier alpha value is -2.93. The number of methoxy groups -OCH3 is 1. The molecule has 2 aromatic carbocycles. The quantitative estimate of drug-likeness (QED) is 0.838. The molecule has 1 heterocycles. The van der Waals surface area contributed by atoms with Crippen molar-refractivity contribution in [2.75, 3.05) is 31.7 Å². The number of allylic oxidation sites excluding steroid dienone is 1. The van der Waals surface area contributed by atoms with Crippen LogP contribution in [0.4, 0.5) is 5.69 Å². The van der Waals surface area contributed by atoms with Crippen molar-refractivity contribution in [1.82, 2.24) is 0 Å². The number of anilines is 1. The highest BCUT2D eigenvalue weighted by Crippen LogP contribution is 2.37. The van der Waals surface area contributed by atoms with Gasteiger partial charge in [-0.1, -0.05) is 18.2 Å². The summed E-state index contributed by atoms with van der Waals surface area (Å²) < 4.78 is 11.2. The van der Waals surface area contributed by atoms with Gasteiger partial charge in [-0.05, 0) is 31.2 Å². The van der Waals surface area contributed by atoms with Crippen LogP contribution in [0.25, 0.3) is 5.57 Å². The van der Waals surface area contributed by atoms with E-state index in [9.17, 15) is 5.26 Å². The van der Waals surface area contributed by atoms with Gasteiger partial charge >= 0.3 is 0 Å². The van der Waals surface area contributed by atoms with Crippen molar-refractivity contribution in [1.29, 1.82) is 5.26 Å². The van der Waals surface area contributed by atoms with Crippen LogP contribution in [0.2, 0.25) is 0 Å². The molecule has 122 valence electrons. The summed E-state index contributed by atoms with van der Waals surface area (Å²) in [7, 11) is 1.65. The van der Waals surface area contributed by atoms with E-state index < -0.39 is 0 Å². The van der Waals surface area contributed by atoms with Crippen LogP contribution in [-0.2, 0) is 0 Å². The highest BCUT2D eigenvalue weighted by molar-refractivity contribution is 5.90. The highest BCUT2D eigenvalue weighted by Gasteiger charge is 2.24. The second-order valence-electron chi connectivity index (χ2n) is 5.59. The monoisotopic (exact) mass is 320 g/mol. The summed E-state index contributed by atoms with van der Waals surface area (Å²) in [6, 6.07) is 17.9. The van der Waals surface area contributed by atoms with Crippen LogP contribution in [0.5, 0.6) is 11.5 Å². The molecule has 3 rings (SSSR count). The minimum Gasteiger partial charge on any atom is -0.497 e. The first-order valence-electron chi connectivity index (χ1n) is 8.00. The van der Waals surface area contributed by atoms with Gasteiger partial charge in [0.2, 0.25) is 0 Å². The zero-order chi connectivity index (χ0) is 16.9. The highest BCUT2D eigenvalue weighted by atomic mass is 16.5. The van der Waals surface area contributed by atoms with Gasteiger partial charge in [-0.3, -0.25) is 0 Å². The van der Waals surface area contributed by atoms with Crippen molar-refractivity contribution in [3.8, 4) is 17.6 Å². The molecule has 0 saturated carbocycles. The predicted octanol–water partition coefficient (Wildman–Crippen LogP) is 3.89. The molecule has 0 spiro atoms. The van der Waals surface area contributed by atoms with Crippen LogP contribution >= 0.6 is 0 Å². The van der Waals surface area contributed by atoms with Gasteiger partial charge in [0.05, 0.1) is 18.8 Å². The van der Waals surface area contributed by atoms with Gasteiger partial charge in [0.15, 0.2) is 0 Å². The predicted molar refractivity (Wildman–Crippen MR) is 95.4 cm³/mol. The van der Waals surface area contributed by atoms with Crippen LogP contribution in [0, 0.1) is 11.3 Å². The topological polar surface area (TPSA) is 45.5 Å². The SMILES string of the molecule is CCN1CC(COc2ccccc2)=C(C#N)c2ccc(OC)cc21. The third-order valence-electron chi connectivity index (χ3n) is 4.20. The van der Waals surface area contributed by atoms with E-state index in [1.807, 2.05) is 48.5 Å². The summed E-state index contributed by atoms with van der Waals surface area (Å²) in [5.41, 5.74) is 3.68. The molecule has 0 unspecified atom stereocenters. The van der Waals surface area contributed by atoms with Crippen molar-refractivity contribution in [3.63, 3.8) is 0 Å². The number of hydrogen-bond donors (Lipinski definition) is 0. The van der Waals surface area contributed by atoms with Gasteiger partial charge in [0.25, 0.3) is 0 Å². The third-order valence-corrected chi connectivity index (χ3v) is 4.20. The molecule has 1 aliphatic rings. The number of likely N-dealkylation sites (N-methyl/N-ethyl adjacent to an activating group) is 1. The second-order valence-corrected chi connectivity index (χ2v) is 5.59. The Morgan fingerprint density at radius 3 is 2.58 bits per heavy atom. The lowest BCUT2D eigenvalue weighted by Crippen LogP contribution is -2.31. The maximum absolute atomic E-state index is 9.68. The van der Waals surface area contributed by atoms with Gasteiger partial charge < -0.3 is 14.4 Å². The zero-order valence-corrected chi connectivity index (χ0v) is 14.0. The lowest BCUT2D eigenvalue weighted by molar-refractivity contribution is 0.350. The fourth-order valence-electron chi connectivity index (χ4n) is 2.92.